The zero-order valence-electron chi connectivity index (χ0n) is 7.97. The Balaban J connectivity index is 2.42. The van der Waals surface area contributed by atoms with Crippen LogP contribution in [0.1, 0.15) is 24.5 Å². The van der Waals surface area contributed by atoms with Gasteiger partial charge in [0.2, 0.25) is 0 Å². The Kier molecular flexibility index (Phi) is 1.90. The van der Waals surface area contributed by atoms with E-state index < -0.39 is 0 Å². The zero-order valence-corrected chi connectivity index (χ0v) is 8.73. The van der Waals surface area contributed by atoms with Crippen molar-refractivity contribution in [1.82, 2.24) is 0 Å². The lowest BCUT2D eigenvalue weighted by atomic mass is 10.0. The number of nitrogens with two attached hydrogens (primary N) is 1. The molecular weight excluding hydrogens is 182 g/mol. The summed E-state index contributed by atoms with van der Waals surface area (Å²) in [5, 5.41) is 0.812. The SMILES string of the molecule is Cc1ccc(C2(N)CC2C)c(Cl)c1. The van der Waals surface area contributed by atoms with E-state index in [2.05, 4.69) is 19.1 Å². The van der Waals surface area contributed by atoms with Crippen molar-refractivity contribution in [2.45, 2.75) is 25.8 Å². The van der Waals surface area contributed by atoms with Crippen LogP contribution in [0.3, 0.4) is 0 Å². The van der Waals surface area contributed by atoms with Crippen LogP contribution >= 0.6 is 11.6 Å². The van der Waals surface area contributed by atoms with Gasteiger partial charge in [-0.05, 0) is 36.5 Å². The number of hydrogen-bond acceptors (Lipinski definition) is 1. The molecule has 1 aliphatic rings. The topological polar surface area (TPSA) is 26.0 Å². The molecule has 2 N–H and O–H groups in total. The van der Waals surface area contributed by atoms with Gasteiger partial charge in [0.05, 0.1) is 0 Å². The van der Waals surface area contributed by atoms with Crippen LogP contribution in [0.4, 0.5) is 0 Å². The fraction of sp³-hybridized carbons (Fsp3) is 0.455. The van der Waals surface area contributed by atoms with Gasteiger partial charge in [-0.15, -0.1) is 0 Å². The highest BCUT2D eigenvalue weighted by Gasteiger charge is 2.49. The monoisotopic (exact) mass is 195 g/mol. The summed E-state index contributed by atoms with van der Waals surface area (Å²) in [4.78, 5) is 0. The number of halogens is 1. The summed E-state index contributed by atoms with van der Waals surface area (Å²) in [7, 11) is 0. The number of aryl methyl sites for hydroxylation is 1. The van der Waals surface area contributed by atoms with E-state index in [1.165, 1.54) is 5.56 Å². The summed E-state index contributed by atoms with van der Waals surface area (Å²) >= 11 is 6.14. The molecular formula is C11H14ClN. The maximum absolute atomic E-state index is 6.18. The smallest absolute Gasteiger partial charge is 0.0459 e. The van der Waals surface area contributed by atoms with Crippen molar-refractivity contribution in [2.75, 3.05) is 0 Å². The first-order chi connectivity index (χ1) is 6.04. The molecule has 13 heavy (non-hydrogen) atoms. The predicted molar refractivity (Wildman–Crippen MR) is 55.8 cm³/mol. The Morgan fingerprint density at radius 1 is 1.54 bits per heavy atom. The molecule has 0 aliphatic heterocycles. The maximum Gasteiger partial charge on any atom is 0.0459 e. The van der Waals surface area contributed by atoms with Crippen molar-refractivity contribution in [3.63, 3.8) is 0 Å². The molecule has 1 saturated carbocycles. The first-order valence-electron chi connectivity index (χ1n) is 4.59. The third-order valence-electron chi connectivity index (χ3n) is 2.99. The van der Waals surface area contributed by atoms with Gasteiger partial charge in [-0.3, -0.25) is 0 Å². The molecule has 0 saturated heterocycles. The Bertz CT molecular complexity index is 348. The molecule has 1 aromatic rings. The minimum atomic E-state index is -0.148. The first-order valence-corrected chi connectivity index (χ1v) is 4.97. The van der Waals surface area contributed by atoms with Crippen LogP contribution in [-0.4, -0.2) is 0 Å². The number of hydrogen-bond donors (Lipinski definition) is 1. The minimum Gasteiger partial charge on any atom is -0.321 e. The highest BCUT2D eigenvalue weighted by Crippen LogP contribution is 2.51. The Morgan fingerprint density at radius 3 is 2.62 bits per heavy atom. The molecule has 1 aromatic carbocycles. The van der Waals surface area contributed by atoms with Crippen LogP contribution in [0.5, 0.6) is 0 Å². The van der Waals surface area contributed by atoms with Gasteiger partial charge in [0.15, 0.2) is 0 Å². The summed E-state index contributed by atoms with van der Waals surface area (Å²) < 4.78 is 0. The fourth-order valence-corrected chi connectivity index (χ4v) is 2.23. The Labute approximate surface area is 83.9 Å². The van der Waals surface area contributed by atoms with Crippen molar-refractivity contribution in [2.24, 2.45) is 11.7 Å². The molecule has 0 radical (unpaired) electrons. The second kappa shape index (κ2) is 2.73. The number of rotatable bonds is 1. The lowest BCUT2D eigenvalue weighted by Gasteiger charge is -2.13. The second-order valence-electron chi connectivity index (χ2n) is 4.13. The third kappa shape index (κ3) is 1.36. The van der Waals surface area contributed by atoms with Crippen molar-refractivity contribution in [3.05, 3.63) is 34.3 Å². The van der Waals surface area contributed by atoms with E-state index in [-0.39, 0.29) is 5.54 Å². The molecule has 0 bridgehead atoms. The van der Waals surface area contributed by atoms with Crippen LogP contribution in [0.25, 0.3) is 0 Å². The van der Waals surface area contributed by atoms with E-state index in [0.29, 0.717) is 5.92 Å². The molecule has 1 fully saturated rings. The van der Waals surface area contributed by atoms with E-state index in [9.17, 15) is 0 Å². The molecule has 0 aromatic heterocycles. The summed E-state index contributed by atoms with van der Waals surface area (Å²) in [6, 6.07) is 6.11. The molecule has 1 aliphatic carbocycles. The third-order valence-corrected chi connectivity index (χ3v) is 3.30. The molecule has 1 nitrogen and oxygen atoms in total. The average molecular weight is 196 g/mol. The standard InChI is InChI=1S/C11H14ClN/c1-7-3-4-9(10(12)5-7)11(13)6-8(11)2/h3-5,8H,6,13H2,1-2H3. The van der Waals surface area contributed by atoms with Crippen LogP contribution in [-0.2, 0) is 5.54 Å². The second-order valence-corrected chi connectivity index (χ2v) is 4.54. The number of benzene rings is 1. The summed E-state index contributed by atoms with van der Waals surface area (Å²) in [5.74, 6) is 0.563. The van der Waals surface area contributed by atoms with Crippen LogP contribution in [0, 0.1) is 12.8 Å². The van der Waals surface area contributed by atoms with E-state index in [4.69, 9.17) is 17.3 Å². The normalized spacial score (nSPS) is 31.8. The predicted octanol–water partition coefficient (Wildman–Crippen LogP) is 2.84. The zero-order chi connectivity index (χ0) is 9.64. The van der Waals surface area contributed by atoms with Crippen molar-refractivity contribution in [1.29, 1.82) is 0 Å². The van der Waals surface area contributed by atoms with E-state index in [1.807, 2.05) is 13.0 Å². The average Bonchev–Trinajstić information content (AvgIpc) is 2.59. The van der Waals surface area contributed by atoms with Crippen LogP contribution in [0.2, 0.25) is 5.02 Å². The quantitative estimate of drug-likeness (QED) is 0.733. The lowest BCUT2D eigenvalue weighted by molar-refractivity contribution is 0.665. The molecule has 70 valence electrons. The van der Waals surface area contributed by atoms with Gasteiger partial charge in [0.25, 0.3) is 0 Å². The fourth-order valence-electron chi connectivity index (χ4n) is 1.82. The van der Waals surface area contributed by atoms with E-state index in [1.54, 1.807) is 0 Å². The van der Waals surface area contributed by atoms with Gasteiger partial charge in [0.1, 0.15) is 0 Å². The van der Waals surface area contributed by atoms with Crippen LogP contribution in [0.15, 0.2) is 18.2 Å². The molecule has 0 heterocycles. The highest BCUT2D eigenvalue weighted by atomic mass is 35.5. The maximum atomic E-state index is 6.18. The minimum absolute atomic E-state index is 0.148. The summed E-state index contributed by atoms with van der Waals surface area (Å²) in [5.41, 5.74) is 8.32. The molecule has 0 spiro atoms. The van der Waals surface area contributed by atoms with Crippen molar-refractivity contribution < 1.29 is 0 Å². The van der Waals surface area contributed by atoms with Crippen molar-refractivity contribution >= 4 is 11.6 Å². The molecule has 2 unspecified atom stereocenters. The van der Waals surface area contributed by atoms with E-state index >= 15 is 0 Å². The van der Waals surface area contributed by atoms with Gasteiger partial charge in [-0.25, -0.2) is 0 Å². The summed E-state index contributed by atoms with van der Waals surface area (Å²) in [6.07, 6.45) is 1.05. The molecule has 2 heteroatoms. The van der Waals surface area contributed by atoms with Gasteiger partial charge < -0.3 is 5.73 Å². The lowest BCUT2D eigenvalue weighted by Crippen LogP contribution is -2.21. The highest BCUT2D eigenvalue weighted by molar-refractivity contribution is 6.31. The van der Waals surface area contributed by atoms with Gasteiger partial charge in [0, 0.05) is 10.6 Å². The van der Waals surface area contributed by atoms with Crippen molar-refractivity contribution in [3.8, 4) is 0 Å². The Hall–Kier alpha value is -0.530. The van der Waals surface area contributed by atoms with Gasteiger partial charge in [-0.2, -0.15) is 0 Å². The first kappa shape index (κ1) is 9.04. The van der Waals surface area contributed by atoms with Gasteiger partial charge >= 0.3 is 0 Å². The molecule has 2 rings (SSSR count). The molecule has 2 atom stereocenters. The summed E-state index contributed by atoms with van der Waals surface area (Å²) in [6.45, 7) is 4.20. The van der Waals surface area contributed by atoms with E-state index in [0.717, 1.165) is 17.0 Å². The molecule has 0 amide bonds. The largest absolute Gasteiger partial charge is 0.321 e. The van der Waals surface area contributed by atoms with Crippen LogP contribution < -0.4 is 5.73 Å². The Morgan fingerprint density at radius 2 is 2.15 bits per heavy atom. The van der Waals surface area contributed by atoms with Gasteiger partial charge in [-0.1, -0.05) is 30.7 Å².